The molecule has 1 N–H and O–H groups in total. The predicted octanol–water partition coefficient (Wildman–Crippen LogP) is 3.79. The number of hydrogen-bond acceptors (Lipinski definition) is 8. The molecule has 1 aliphatic carbocycles. The molecule has 31 heavy (non-hydrogen) atoms. The van der Waals surface area contributed by atoms with Crippen LogP contribution in [0.15, 0.2) is 23.3 Å². The van der Waals surface area contributed by atoms with Crippen LogP contribution >= 0.6 is 11.3 Å². The summed E-state index contributed by atoms with van der Waals surface area (Å²) in [4.78, 5) is 29.0. The van der Waals surface area contributed by atoms with Crippen LogP contribution < -0.4 is 10.9 Å². The van der Waals surface area contributed by atoms with Gasteiger partial charge in [-0.2, -0.15) is 10.2 Å². The summed E-state index contributed by atoms with van der Waals surface area (Å²) in [5, 5.41) is 15.4. The molecular weight excluding hydrogens is 410 g/mol. The van der Waals surface area contributed by atoms with E-state index in [0.29, 0.717) is 22.9 Å². The van der Waals surface area contributed by atoms with Crippen LogP contribution in [-0.2, 0) is 0 Å². The van der Waals surface area contributed by atoms with Gasteiger partial charge in [0.25, 0.3) is 5.56 Å². The first-order valence-electron chi connectivity index (χ1n) is 10.9. The minimum absolute atomic E-state index is 0.0884. The number of pyridine rings is 1. The lowest BCUT2D eigenvalue weighted by Gasteiger charge is -2.27. The largest absolute Gasteiger partial charge is 0.314 e. The Morgan fingerprint density at radius 2 is 1.94 bits per heavy atom. The van der Waals surface area contributed by atoms with E-state index in [9.17, 15) is 10.1 Å². The van der Waals surface area contributed by atoms with Crippen molar-refractivity contribution in [3.05, 3.63) is 39.4 Å². The summed E-state index contributed by atoms with van der Waals surface area (Å²) < 4.78 is 1.71. The zero-order valence-corrected chi connectivity index (χ0v) is 18.4. The maximum atomic E-state index is 12.9. The minimum atomic E-state index is -0.256. The summed E-state index contributed by atoms with van der Waals surface area (Å²) in [6, 6.07) is 3.71. The molecule has 0 atom stereocenters. The van der Waals surface area contributed by atoms with Gasteiger partial charge in [-0.25, -0.2) is 9.97 Å². The number of hydrogen-bond donors (Lipinski definition) is 1. The lowest BCUT2D eigenvalue weighted by Crippen LogP contribution is -2.29. The zero-order valence-electron chi connectivity index (χ0n) is 17.5. The van der Waals surface area contributed by atoms with E-state index in [4.69, 9.17) is 0 Å². The van der Waals surface area contributed by atoms with Crippen LogP contribution in [0.5, 0.6) is 0 Å². The Morgan fingerprint density at radius 3 is 2.68 bits per heavy atom. The Labute approximate surface area is 184 Å². The average molecular weight is 436 g/mol. The molecule has 4 heterocycles. The molecule has 1 saturated heterocycles. The van der Waals surface area contributed by atoms with Gasteiger partial charge in [0, 0.05) is 23.5 Å². The fourth-order valence-corrected chi connectivity index (χ4v) is 5.64. The highest BCUT2D eigenvalue weighted by Crippen LogP contribution is 2.34. The van der Waals surface area contributed by atoms with Crippen molar-refractivity contribution in [2.24, 2.45) is 0 Å². The maximum absolute atomic E-state index is 12.9. The van der Waals surface area contributed by atoms with Crippen LogP contribution in [-0.4, -0.2) is 44.6 Å². The number of aromatic nitrogens is 4. The Balaban J connectivity index is 1.46. The molecule has 160 valence electrons. The summed E-state index contributed by atoms with van der Waals surface area (Å²) in [6.07, 6.45) is 9.84. The molecule has 1 saturated carbocycles. The van der Waals surface area contributed by atoms with Crippen molar-refractivity contribution in [1.82, 2.24) is 24.4 Å². The molecule has 0 bridgehead atoms. The molecule has 8 nitrogen and oxygen atoms in total. The SMILES string of the molecule is CN1CCC(c2ncc(Nc3ncc4cc(C#N)c(=O)n(C5CCCC5)c4n3)s2)CC1. The quantitative estimate of drug-likeness (QED) is 0.665. The van der Waals surface area contributed by atoms with Gasteiger partial charge in [0.2, 0.25) is 5.95 Å². The molecule has 0 spiro atoms. The molecule has 2 aliphatic rings. The van der Waals surface area contributed by atoms with Crippen molar-refractivity contribution < 1.29 is 0 Å². The topological polar surface area (TPSA) is 99.7 Å². The molecule has 0 amide bonds. The number of nitriles is 1. The van der Waals surface area contributed by atoms with Gasteiger partial charge in [0.15, 0.2) is 0 Å². The third-order valence-electron chi connectivity index (χ3n) is 6.41. The highest BCUT2D eigenvalue weighted by Gasteiger charge is 2.24. The average Bonchev–Trinajstić information content (AvgIpc) is 3.46. The van der Waals surface area contributed by atoms with Gasteiger partial charge >= 0.3 is 0 Å². The van der Waals surface area contributed by atoms with Gasteiger partial charge in [0.1, 0.15) is 22.3 Å². The first-order valence-corrected chi connectivity index (χ1v) is 11.7. The van der Waals surface area contributed by atoms with Crippen LogP contribution in [0.25, 0.3) is 11.0 Å². The summed E-state index contributed by atoms with van der Waals surface area (Å²) in [6.45, 7) is 2.20. The number of anilines is 2. The van der Waals surface area contributed by atoms with Crippen LogP contribution in [0.1, 0.15) is 61.1 Å². The van der Waals surface area contributed by atoms with E-state index < -0.39 is 0 Å². The van der Waals surface area contributed by atoms with Gasteiger partial charge in [-0.3, -0.25) is 9.36 Å². The first-order chi connectivity index (χ1) is 15.1. The fraction of sp³-hybridized carbons (Fsp3) is 0.500. The number of nitrogens with zero attached hydrogens (tertiary/aromatic N) is 6. The fourth-order valence-electron chi connectivity index (χ4n) is 4.66. The zero-order chi connectivity index (χ0) is 21.4. The molecular formula is C22H25N7OS. The third-order valence-corrected chi connectivity index (χ3v) is 7.49. The number of thiazole rings is 1. The van der Waals surface area contributed by atoms with Crippen molar-refractivity contribution in [1.29, 1.82) is 5.26 Å². The normalized spacial score (nSPS) is 18.5. The molecule has 0 radical (unpaired) electrons. The summed E-state index contributed by atoms with van der Waals surface area (Å²) in [7, 11) is 2.16. The summed E-state index contributed by atoms with van der Waals surface area (Å²) in [5.41, 5.74) is 0.483. The molecule has 1 aliphatic heterocycles. The Hall–Kier alpha value is -2.83. The number of rotatable bonds is 4. The van der Waals surface area contributed by atoms with E-state index in [1.54, 1.807) is 28.2 Å². The summed E-state index contributed by atoms with van der Waals surface area (Å²) in [5.74, 6) is 0.952. The molecule has 0 unspecified atom stereocenters. The van der Waals surface area contributed by atoms with Crippen molar-refractivity contribution in [2.75, 3.05) is 25.5 Å². The highest BCUT2D eigenvalue weighted by atomic mass is 32.1. The van der Waals surface area contributed by atoms with E-state index >= 15 is 0 Å². The number of fused-ring (bicyclic) bond motifs is 1. The van der Waals surface area contributed by atoms with Crippen LogP contribution in [0.2, 0.25) is 0 Å². The van der Waals surface area contributed by atoms with E-state index in [2.05, 4.69) is 32.2 Å². The monoisotopic (exact) mass is 435 g/mol. The first kappa shape index (κ1) is 20.1. The third kappa shape index (κ3) is 3.93. The number of likely N-dealkylation sites (tertiary alicyclic amines) is 1. The number of piperidine rings is 1. The Bertz CT molecular complexity index is 1200. The van der Waals surface area contributed by atoms with Crippen LogP contribution in [0.3, 0.4) is 0 Å². The smallest absolute Gasteiger partial charge is 0.270 e. The van der Waals surface area contributed by atoms with Crippen molar-refractivity contribution in [2.45, 2.75) is 50.5 Å². The second kappa shape index (κ2) is 8.36. The van der Waals surface area contributed by atoms with E-state index in [-0.39, 0.29) is 17.2 Å². The minimum Gasteiger partial charge on any atom is -0.314 e. The number of nitrogens with one attached hydrogen (secondary N) is 1. The maximum Gasteiger partial charge on any atom is 0.270 e. The van der Waals surface area contributed by atoms with Crippen molar-refractivity contribution in [3.8, 4) is 6.07 Å². The van der Waals surface area contributed by atoms with E-state index in [0.717, 1.165) is 61.6 Å². The van der Waals surface area contributed by atoms with Crippen LogP contribution in [0.4, 0.5) is 10.9 Å². The standard InChI is InChI=1S/C22H25N7OS/c1-28-8-6-14(7-9-28)20-24-13-18(31-20)26-22-25-12-16-10-15(11-23)21(30)29(19(16)27-22)17-4-2-3-5-17/h10,12-14,17H,2-9H2,1H3,(H,25,26,27). The summed E-state index contributed by atoms with van der Waals surface area (Å²) >= 11 is 1.65. The molecule has 0 aromatic carbocycles. The van der Waals surface area contributed by atoms with E-state index in [1.165, 1.54) is 0 Å². The highest BCUT2D eigenvalue weighted by molar-refractivity contribution is 7.15. The predicted molar refractivity (Wildman–Crippen MR) is 121 cm³/mol. The second-order valence-corrected chi connectivity index (χ2v) is 9.58. The van der Waals surface area contributed by atoms with Gasteiger partial charge in [-0.1, -0.05) is 12.8 Å². The lowest BCUT2D eigenvalue weighted by atomic mass is 9.98. The Kier molecular flexibility index (Phi) is 5.42. The molecule has 2 fully saturated rings. The molecule has 3 aromatic rings. The van der Waals surface area contributed by atoms with Gasteiger partial charge in [0.05, 0.1) is 11.2 Å². The van der Waals surface area contributed by atoms with Crippen LogP contribution in [0, 0.1) is 11.3 Å². The van der Waals surface area contributed by atoms with Crippen molar-refractivity contribution in [3.63, 3.8) is 0 Å². The lowest BCUT2D eigenvalue weighted by molar-refractivity contribution is 0.255. The van der Waals surface area contributed by atoms with Gasteiger partial charge in [-0.15, -0.1) is 11.3 Å². The Morgan fingerprint density at radius 1 is 1.16 bits per heavy atom. The van der Waals surface area contributed by atoms with Crippen molar-refractivity contribution >= 4 is 33.3 Å². The van der Waals surface area contributed by atoms with E-state index in [1.807, 2.05) is 12.3 Å². The molecule has 9 heteroatoms. The van der Waals surface area contributed by atoms with Gasteiger partial charge < -0.3 is 10.2 Å². The van der Waals surface area contributed by atoms with Gasteiger partial charge in [-0.05, 0) is 51.9 Å². The molecule has 3 aromatic heterocycles. The molecule has 5 rings (SSSR count). The second-order valence-electron chi connectivity index (χ2n) is 8.52.